The van der Waals surface area contributed by atoms with Gasteiger partial charge in [-0.05, 0) is 18.1 Å². The summed E-state index contributed by atoms with van der Waals surface area (Å²) in [7, 11) is 0. The molecular weight excluding hydrogens is 265 g/mol. The second-order valence-electron chi connectivity index (χ2n) is 4.43. The molecule has 1 nitrogen and oxygen atoms in total. The molecule has 0 amide bonds. The van der Waals surface area contributed by atoms with Gasteiger partial charge in [-0.1, -0.05) is 48.5 Å². The highest BCUT2D eigenvalue weighted by Crippen LogP contribution is 2.30. The maximum atomic E-state index is 12.1. The van der Waals surface area contributed by atoms with Crippen molar-refractivity contribution in [3.05, 3.63) is 54.6 Å². The molecule has 2 rings (SSSR count). The Hall–Kier alpha value is -1.97. The van der Waals surface area contributed by atoms with Gasteiger partial charge in [0.1, 0.15) is 5.75 Å². The molecule has 0 aliphatic carbocycles. The van der Waals surface area contributed by atoms with Crippen LogP contribution in [0.5, 0.6) is 5.75 Å². The van der Waals surface area contributed by atoms with E-state index in [2.05, 4.69) is 0 Å². The number of para-hydroxylation sites is 1. The van der Waals surface area contributed by atoms with Crippen LogP contribution >= 0.6 is 0 Å². The fourth-order valence-corrected chi connectivity index (χ4v) is 1.90. The highest BCUT2D eigenvalue weighted by molar-refractivity contribution is 5.70. The Morgan fingerprint density at radius 3 is 2.20 bits per heavy atom. The third-order valence-corrected chi connectivity index (χ3v) is 2.83. The van der Waals surface area contributed by atoms with Crippen molar-refractivity contribution in [2.24, 2.45) is 0 Å². The molecule has 0 spiro atoms. The van der Waals surface area contributed by atoms with Crippen LogP contribution in [0.3, 0.4) is 0 Å². The normalized spacial score (nSPS) is 11.3. The molecule has 20 heavy (non-hydrogen) atoms. The van der Waals surface area contributed by atoms with Gasteiger partial charge >= 0.3 is 6.18 Å². The lowest BCUT2D eigenvalue weighted by molar-refractivity contribution is -0.136. The van der Waals surface area contributed by atoms with Crippen LogP contribution in [0.2, 0.25) is 0 Å². The van der Waals surface area contributed by atoms with E-state index in [4.69, 9.17) is 4.74 Å². The largest absolute Gasteiger partial charge is 0.493 e. The van der Waals surface area contributed by atoms with E-state index in [1.54, 1.807) is 6.07 Å². The van der Waals surface area contributed by atoms with Gasteiger partial charge in [0, 0.05) is 12.0 Å². The summed E-state index contributed by atoms with van der Waals surface area (Å²) in [4.78, 5) is 0. The summed E-state index contributed by atoms with van der Waals surface area (Å²) in [5.74, 6) is 0.612. The first-order valence-corrected chi connectivity index (χ1v) is 6.40. The van der Waals surface area contributed by atoms with E-state index in [1.165, 1.54) is 0 Å². The van der Waals surface area contributed by atoms with E-state index < -0.39 is 12.6 Å². The van der Waals surface area contributed by atoms with Crippen molar-refractivity contribution in [2.45, 2.75) is 19.0 Å². The molecule has 0 bridgehead atoms. The maximum absolute atomic E-state index is 12.1. The third kappa shape index (κ3) is 4.30. The monoisotopic (exact) mass is 280 g/mol. The molecule has 0 N–H and O–H groups in total. The first-order valence-electron chi connectivity index (χ1n) is 6.40. The highest BCUT2D eigenvalue weighted by Gasteiger charge is 2.26. The second kappa shape index (κ2) is 6.46. The second-order valence-corrected chi connectivity index (χ2v) is 4.43. The van der Waals surface area contributed by atoms with E-state index in [9.17, 15) is 13.2 Å². The maximum Gasteiger partial charge on any atom is 0.389 e. The number of benzene rings is 2. The minimum atomic E-state index is -4.12. The zero-order chi connectivity index (χ0) is 14.4. The predicted octanol–water partition coefficient (Wildman–Crippen LogP) is 5.07. The van der Waals surface area contributed by atoms with Crippen LogP contribution in [-0.2, 0) is 0 Å². The van der Waals surface area contributed by atoms with Crippen LogP contribution in [-0.4, -0.2) is 12.8 Å². The van der Waals surface area contributed by atoms with Crippen LogP contribution in [0.25, 0.3) is 11.1 Å². The summed E-state index contributed by atoms with van der Waals surface area (Å²) in [6.07, 6.45) is -4.98. The van der Waals surface area contributed by atoms with Gasteiger partial charge in [-0.2, -0.15) is 13.2 Å². The Labute approximate surface area is 116 Å². The summed E-state index contributed by atoms with van der Waals surface area (Å²) >= 11 is 0. The van der Waals surface area contributed by atoms with Gasteiger partial charge in [-0.25, -0.2) is 0 Å². The number of hydrogen-bond donors (Lipinski definition) is 0. The first kappa shape index (κ1) is 14.4. The zero-order valence-electron chi connectivity index (χ0n) is 10.9. The lowest BCUT2D eigenvalue weighted by atomic mass is 10.1. The van der Waals surface area contributed by atoms with Crippen LogP contribution in [0.15, 0.2) is 54.6 Å². The van der Waals surface area contributed by atoms with E-state index in [0.29, 0.717) is 5.75 Å². The molecule has 106 valence electrons. The Morgan fingerprint density at radius 1 is 0.850 bits per heavy atom. The van der Waals surface area contributed by atoms with Gasteiger partial charge in [0.25, 0.3) is 0 Å². The van der Waals surface area contributed by atoms with E-state index in [1.807, 2.05) is 48.5 Å². The molecule has 0 heterocycles. The van der Waals surface area contributed by atoms with Gasteiger partial charge in [0.2, 0.25) is 0 Å². The van der Waals surface area contributed by atoms with Crippen LogP contribution in [0.1, 0.15) is 12.8 Å². The van der Waals surface area contributed by atoms with Gasteiger partial charge < -0.3 is 4.74 Å². The van der Waals surface area contributed by atoms with Gasteiger partial charge in [-0.15, -0.1) is 0 Å². The van der Waals surface area contributed by atoms with Crippen molar-refractivity contribution in [1.29, 1.82) is 0 Å². The summed E-state index contributed by atoms with van der Waals surface area (Å²) in [6, 6.07) is 17.0. The third-order valence-electron chi connectivity index (χ3n) is 2.83. The van der Waals surface area contributed by atoms with Gasteiger partial charge in [0.15, 0.2) is 0 Å². The molecule has 0 aromatic heterocycles. The van der Waals surface area contributed by atoms with Crippen molar-refractivity contribution in [1.82, 2.24) is 0 Å². The number of alkyl halides is 3. The average Bonchev–Trinajstić information content (AvgIpc) is 2.44. The highest BCUT2D eigenvalue weighted by atomic mass is 19.4. The fraction of sp³-hybridized carbons (Fsp3) is 0.250. The molecule has 0 saturated heterocycles. The molecule has 2 aromatic rings. The molecule has 0 aliphatic heterocycles. The molecule has 0 fully saturated rings. The summed E-state index contributed by atoms with van der Waals surface area (Å²) in [5, 5.41) is 0. The van der Waals surface area contributed by atoms with Crippen molar-refractivity contribution in [3.63, 3.8) is 0 Å². The predicted molar refractivity (Wildman–Crippen MR) is 72.7 cm³/mol. The van der Waals surface area contributed by atoms with Gasteiger partial charge in [0.05, 0.1) is 6.61 Å². The Morgan fingerprint density at radius 2 is 1.50 bits per heavy atom. The van der Waals surface area contributed by atoms with Gasteiger partial charge in [-0.3, -0.25) is 0 Å². The SMILES string of the molecule is FC(F)(F)CCCOc1ccccc1-c1ccccc1. The van der Waals surface area contributed by atoms with Crippen molar-refractivity contribution < 1.29 is 17.9 Å². The van der Waals surface area contributed by atoms with Crippen LogP contribution < -0.4 is 4.74 Å². The number of ether oxygens (including phenoxy) is 1. The molecule has 2 aromatic carbocycles. The number of halogens is 3. The topological polar surface area (TPSA) is 9.23 Å². The van der Waals surface area contributed by atoms with E-state index in [-0.39, 0.29) is 13.0 Å². The minimum Gasteiger partial charge on any atom is -0.493 e. The Balaban J connectivity index is 2.02. The molecule has 0 unspecified atom stereocenters. The smallest absolute Gasteiger partial charge is 0.389 e. The quantitative estimate of drug-likeness (QED) is 0.694. The summed E-state index contributed by atoms with van der Waals surface area (Å²) < 4.78 is 41.7. The minimum absolute atomic E-state index is 0.0351. The van der Waals surface area contributed by atoms with Crippen molar-refractivity contribution in [2.75, 3.05) is 6.61 Å². The molecule has 0 radical (unpaired) electrons. The molecular formula is C16H15F3O. The fourth-order valence-electron chi connectivity index (χ4n) is 1.90. The van der Waals surface area contributed by atoms with Crippen molar-refractivity contribution >= 4 is 0 Å². The average molecular weight is 280 g/mol. The van der Waals surface area contributed by atoms with Crippen molar-refractivity contribution in [3.8, 4) is 16.9 Å². The first-order chi connectivity index (χ1) is 9.56. The molecule has 0 aliphatic rings. The standard InChI is InChI=1S/C16H15F3O/c17-16(18,19)11-6-12-20-15-10-5-4-9-14(15)13-7-2-1-3-8-13/h1-5,7-10H,6,11-12H2. The number of hydrogen-bond acceptors (Lipinski definition) is 1. The molecule has 0 atom stereocenters. The molecule has 4 heteroatoms. The lowest BCUT2D eigenvalue weighted by Gasteiger charge is -2.12. The van der Waals surface area contributed by atoms with Crippen LogP contribution in [0.4, 0.5) is 13.2 Å². The Kier molecular flexibility index (Phi) is 4.66. The lowest BCUT2D eigenvalue weighted by Crippen LogP contribution is -2.09. The zero-order valence-corrected chi connectivity index (χ0v) is 10.9. The molecule has 0 saturated carbocycles. The van der Waals surface area contributed by atoms with Crippen LogP contribution in [0, 0.1) is 0 Å². The van der Waals surface area contributed by atoms with E-state index >= 15 is 0 Å². The summed E-state index contributed by atoms with van der Waals surface area (Å²) in [5.41, 5.74) is 1.87. The number of rotatable bonds is 5. The van der Waals surface area contributed by atoms with E-state index in [0.717, 1.165) is 11.1 Å². The summed E-state index contributed by atoms with van der Waals surface area (Å²) in [6.45, 7) is 0.0589. The Bertz CT molecular complexity index is 535.